The Labute approximate surface area is 221 Å². The summed E-state index contributed by atoms with van der Waals surface area (Å²) in [6.07, 6.45) is 7.34. The number of ether oxygens (including phenoxy) is 3. The molecule has 0 radical (unpaired) electrons. The van der Waals surface area contributed by atoms with E-state index in [1.165, 1.54) is 0 Å². The summed E-state index contributed by atoms with van der Waals surface area (Å²) < 4.78 is 18.8. The van der Waals surface area contributed by atoms with Gasteiger partial charge in [-0.2, -0.15) is 5.10 Å². The number of piperidine rings is 1. The van der Waals surface area contributed by atoms with Crippen LogP contribution in [0.15, 0.2) is 36.8 Å². The number of benzene rings is 1. The van der Waals surface area contributed by atoms with E-state index in [0.29, 0.717) is 17.5 Å². The Morgan fingerprint density at radius 1 is 1.05 bits per heavy atom. The summed E-state index contributed by atoms with van der Waals surface area (Å²) in [7, 11) is 2.14. The van der Waals surface area contributed by atoms with Crippen LogP contribution in [0.25, 0.3) is 11.3 Å². The van der Waals surface area contributed by atoms with E-state index in [2.05, 4.69) is 39.1 Å². The van der Waals surface area contributed by atoms with E-state index in [0.717, 1.165) is 69.0 Å². The van der Waals surface area contributed by atoms with Gasteiger partial charge in [0.1, 0.15) is 5.60 Å². The molecule has 1 spiro atoms. The lowest BCUT2D eigenvalue weighted by molar-refractivity contribution is -0.184. The second-order valence-electron chi connectivity index (χ2n) is 11.4. The molecule has 3 aromatic rings. The molecule has 0 amide bonds. The van der Waals surface area contributed by atoms with Crippen LogP contribution in [-0.2, 0) is 15.1 Å². The molecule has 0 unspecified atom stereocenters. The molecule has 0 saturated carbocycles. The van der Waals surface area contributed by atoms with Gasteiger partial charge in [0.2, 0.25) is 0 Å². The van der Waals surface area contributed by atoms with Crippen LogP contribution in [0.3, 0.4) is 0 Å². The van der Waals surface area contributed by atoms with E-state index in [9.17, 15) is 5.11 Å². The summed E-state index contributed by atoms with van der Waals surface area (Å²) in [5.41, 5.74) is 8.73. The number of nitrogens with zero attached hydrogens (tertiary/aromatic N) is 6. The minimum Gasteiger partial charge on any atom is -0.433 e. The van der Waals surface area contributed by atoms with E-state index in [4.69, 9.17) is 24.9 Å². The van der Waals surface area contributed by atoms with Gasteiger partial charge in [0.25, 0.3) is 5.88 Å². The van der Waals surface area contributed by atoms with Crippen molar-refractivity contribution in [2.45, 2.75) is 24.5 Å². The number of hydrogen-bond acceptors (Lipinski definition) is 10. The summed E-state index contributed by atoms with van der Waals surface area (Å²) >= 11 is 0. The molecule has 4 aliphatic rings. The molecule has 4 saturated heterocycles. The maximum Gasteiger partial charge on any atom is 0.263 e. The van der Waals surface area contributed by atoms with Crippen LogP contribution in [0.2, 0.25) is 0 Å². The Hall–Kier alpha value is -3.25. The lowest BCUT2D eigenvalue weighted by Crippen LogP contribution is -2.66. The average Bonchev–Trinajstić information content (AvgIpc) is 3.31. The van der Waals surface area contributed by atoms with E-state index in [1.807, 2.05) is 16.9 Å². The molecule has 38 heavy (non-hydrogen) atoms. The van der Waals surface area contributed by atoms with Crippen LogP contribution in [0.1, 0.15) is 24.4 Å². The lowest BCUT2D eigenvalue weighted by atomic mass is 9.77. The van der Waals surface area contributed by atoms with Gasteiger partial charge in [-0.25, -0.2) is 9.97 Å². The molecule has 11 heteroatoms. The van der Waals surface area contributed by atoms with Gasteiger partial charge in [-0.1, -0.05) is 0 Å². The van der Waals surface area contributed by atoms with Crippen molar-refractivity contribution in [3.63, 3.8) is 0 Å². The highest BCUT2D eigenvalue weighted by Gasteiger charge is 2.49. The van der Waals surface area contributed by atoms with Crippen molar-refractivity contribution >= 4 is 11.5 Å². The van der Waals surface area contributed by atoms with Gasteiger partial charge < -0.3 is 34.9 Å². The minimum absolute atomic E-state index is 0.206. The summed E-state index contributed by atoms with van der Waals surface area (Å²) in [6.45, 7) is 6.15. The fourth-order valence-electron chi connectivity index (χ4n) is 5.73. The number of hydrogen-bond donors (Lipinski definition) is 2. The molecule has 200 valence electrons. The number of likely N-dealkylation sites (tertiary alicyclic amines) is 1. The van der Waals surface area contributed by atoms with Gasteiger partial charge in [0, 0.05) is 24.3 Å². The fraction of sp³-hybridized carbons (Fsp3) is 0.519. The molecule has 0 atom stereocenters. The first-order valence-corrected chi connectivity index (χ1v) is 13.2. The van der Waals surface area contributed by atoms with Crippen LogP contribution in [0, 0.1) is 5.41 Å². The Bertz CT molecular complexity index is 1340. The summed E-state index contributed by atoms with van der Waals surface area (Å²) in [6, 6.07) is 6.45. The topological polar surface area (TPSA) is 124 Å². The molecule has 7 rings (SSSR count). The molecule has 11 nitrogen and oxygen atoms in total. The van der Waals surface area contributed by atoms with E-state index in [1.54, 1.807) is 12.4 Å². The second kappa shape index (κ2) is 8.91. The standard InChI is InChI=1S/C27H33N7O4/c1-32-4-2-20(3-5-32)34-11-22(9-30-34)38-25-24(28)29-10-23(31-25)18-6-19(27(35)16-37-17-27)8-21(7-18)33-12-26(13-33)14-36-15-26/h6-11,20,35H,2-5,12-17H2,1H3,(H2,28,29). The van der Waals surface area contributed by atoms with Gasteiger partial charge in [0.15, 0.2) is 11.6 Å². The second-order valence-corrected chi connectivity index (χ2v) is 11.4. The Balaban J connectivity index is 1.16. The first-order chi connectivity index (χ1) is 18.4. The van der Waals surface area contributed by atoms with Crippen LogP contribution in [-0.4, -0.2) is 89.4 Å². The predicted molar refractivity (Wildman–Crippen MR) is 140 cm³/mol. The number of rotatable bonds is 6. The smallest absolute Gasteiger partial charge is 0.263 e. The third kappa shape index (κ3) is 4.19. The molecule has 2 aromatic heterocycles. The summed E-state index contributed by atoms with van der Waals surface area (Å²) in [5, 5.41) is 15.6. The summed E-state index contributed by atoms with van der Waals surface area (Å²) in [5.74, 6) is 1.02. The van der Waals surface area contributed by atoms with Crippen LogP contribution < -0.4 is 15.4 Å². The van der Waals surface area contributed by atoms with Crippen molar-refractivity contribution in [1.82, 2.24) is 24.6 Å². The number of anilines is 2. The minimum atomic E-state index is -1.00. The lowest BCUT2D eigenvalue weighted by Gasteiger charge is -2.56. The zero-order valence-electron chi connectivity index (χ0n) is 21.5. The molecular formula is C27H33N7O4. The number of aromatic nitrogens is 4. The maximum atomic E-state index is 11.1. The van der Waals surface area contributed by atoms with Crippen LogP contribution >= 0.6 is 0 Å². The molecule has 6 heterocycles. The average molecular weight is 520 g/mol. The van der Waals surface area contributed by atoms with Gasteiger partial charge >= 0.3 is 0 Å². The van der Waals surface area contributed by atoms with Crippen molar-refractivity contribution < 1.29 is 19.3 Å². The molecule has 0 aliphatic carbocycles. The first kappa shape index (κ1) is 23.8. The van der Waals surface area contributed by atoms with Gasteiger partial charge in [-0.05, 0) is 56.7 Å². The van der Waals surface area contributed by atoms with Gasteiger partial charge in [0.05, 0.1) is 62.2 Å². The first-order valence-electron chi connectivity index (χ1n) is 13.2. The molecule has 0 bridgehead atoms. The zero-order chi connectivity index (χ0) is 25.9. The predicted octanol–water partition coefficient (Wildman–Crippen LogP) is 2.04. The summed E-state index contributed by atoms with van der Waals surface area (Å²) in [4.78, 5) is 13.8. The normalized spacial score (nSPS) is 22.5. The van der Waals surface area contributed by atoms with Crippen molar-refractivity contribution in [1.29, 1.82) is 0 Å². The van der Waals surface area contributed by atoms with E-state index in [-0.39, 0.29) is 30.3 Å². The molecular weight excluding hydrogens is 486 g/mol. The monoisotopic (exact) mass is 519 g/mol. The van der Waals surface area contributed by atoms with Crippen molar-refractivity contribution in [2.75, 3.05) is 70.3 Å². The van der Waals surface area contributed by atoms with Gasteiger partial charge in [-0.3, -0.25) is 4.68 Å². The number of nitrogen functional groups attached to an aromatic ring is 1. The maximum absolute atomic E-state index is 11.1. The third-order valence-corrected chi connectivity index (χ3v) is 8.29. The third-order valence-electron chi connectivity index (χ3n) is 8.29. The zero-order valence-corrected chi connectivity index (χ0v) is 21.5. The van der Waals surface area contributed by atoms with Crippen molar-refractivity contribution in [2.24, 2.45) is 5.41 Å². The van der Waals surface area contributed by atoms with Crippen molar-refractivity contribution in [3.8, 4) is 22.9 Å². The Morgan fingerprint density at radius 2 is 1.82 bits per heavy atom. The molecule has 4 aliphatic heterocycles. The van der Waals surface area contributed by atoms with Crippen LogP contribution in [0.5, 0.6) is 11.6 Å². The molecule has 3 N–H and O–H groups in total. The fourth-order valence-corrected chi connectivity index (χ4v) is 5.73. The number of aliphatic hydroxyl groups is 1. The SMILES string of the molecule is CN1CCC(n2cc(Oc3nc(-c4cc(N5CC6(COC6)C5)cc(C5(O)COC5)c4)cnc3N)cn2)CC1. The highest BCUT2D eigenvalue weighted by atomic mass is 16.5. The molecule has 4 fully saturated rings. The van der Waals surface area contributed by atoms with Crippen LogP contribution in [0.4, 0.5) is 11.5 Å². The largest absolute Gasteiger partial charge is 0.433 e. The van der Waals surface area contributed by atoms with E-state index < -0.39 is 5.60 Å². The Kier molecular flexibility index (Phi) is 5.59. The Morgan fingerprint density at radius 3 is 2.50 bits per heavy atom. The quantitative estimate of drug-likeness (QED) is 0.500. The highest BCUT2D eigenvalue weighted by Crippen LogP contribution is 2.43. The van der Waals surface area contributed by atoms with Crippen molar-refractivity contribution in [3.05, 3.63) is 42.4 Å². The van der Waals surface area contributed by atoms with Gasteiger partial charge in [-0.15, -0.1) is 0 Å². The van der Waals surface area contributed by atoms with E-state index >= 15 is 0 Å². The number of nitrogens with two attached hydrogens (primary N) is 1. The molecule has 1 aromatic carbocycles. The highest BCUT2D eigenvalue weighted by molar-refractivity contribution is 5.69.